The van der Waals surface area contributed by atoms with Crippen LogP contribution in [0.3, 0.4) is 0 Å². The molecule has 0 fully saturated rings. The normalized spacial score (nSPS) is 16.4. The molecule has 0 aliphatic carbocycles. The van der Waals surface area contributed by atoms with Crippen molar-refractivity contribution in [2.45, 2.75) is 52.2 Å². The largest absolute Gasteiger partial charge is 0.385 e. The number of ether oxygens (including phenoxy) is 3. The van der Waals surface area contributed by atoms with E-state index in [1.807, 2.05) is 6.92 Å². The van der Waals surface area contributed by atoms with E-state index >= 15 is 0 Å². The third-order valence-corrected chi connectivity index (χ3v) is 2.14. The molecule has 1 unspecified atom stereocenters. The average Bonchev–Trinajstić information content (AvgIpc) is 2.12. The molecule has 0 radical (unpaired) electrons. The van der Waals surface area contributed by atoms with Crippen LogP contribution in [0.4, 0.5) is 0 Å². The first-order valence-electron chi connectivity index (χ1n) is 5.60. The van der Waals surface area contributed by atoms with E-state index < -0.39 is 0 Å². The predicted octanol–water partition coefficient (Wildman–Crippen LogP) is 2.63. The first kappa shape index (κ1) is 14.9. The zero-order chi connectivity index (χ0) is 11.9. The zero-order valence-corrected chi connectivity index (χ0v) is 11.1. The van der Waals surface area contributed by atoms with E-state index in [0.29, 0.717) is 19.8 Å². The fourth-order valence-corrected chi connectivity index (χ4v) is 1.22. The van der Waals surface area contributed by atoms with Gasteiger partial charge in [-0.25, -0.2) is 0 Å². The summed E-state index contributed by atoms with van der Waals surface area (Å²) in [7, 11) is 1.71. The molecule has 0 saturated heterocycles. The summed E-state index contributed by atoms with van der Waals surface area (Å²) in [6.07, 6.45) is 0.855. The van der Waals surface area contributed by atoms with Crippen molar-refractivity contribution >= 4 is 0 Å². The summed E-state index contributed by atoms with van der Waals surface area (Å²) in [5.41, 5.74) is -0.358. The third-order valence-electron chi connectivity index (χ3n) is 2.14. The van der Waals surface area contributed by atoms with Crippen LogP contribution >= 0.6 is 0 Å². The molecule has 0 amide bonds. The molecular formula is C12H26O3. The van der Waals surface area contributed by atoms with Gasteiger partial charge in [0.15, 0.2) is 0 Å². The van der Waals surface area contributed by atoms with Crippen molar-refractivity contribution in [2.75, 3.05) is 26.9 Å². The summed E-state index contributed by atoms with van der Waals surface area (Å²) >= 11 is 0. The predicted molar refractivity (Wildman–Crippen MR) is 62.2 cm³/mol. The molecule has 0 rings (SSSR count). The van der Waals surface area contributed by atoms with Crippen molar-refractivity contribution in [3.8, 4) is 0 Å². The monoisotopic (exact) mass is 218 g/mol. The van der Waals surface area contributed by atoms with Crippen molar-refractivity contribution < 1.29 is 14.2 Å². The lowest BCUT2D eigenvalue weighted by molar-refractivity contribution is -0.129. The summed E-state index contributed by atoms with van der Waals surface area (Å²) in [4.78, 5) is 0. The Kier molecular flexibility index (Phi) is 6.41. The smallest absolute Gasteiger partial charge is 0.0908 e. The number of rotatable bonds is 7. The molecule has 15 heavy (non-hydrogen) atoms. The second kappa shape index (κ2) is 6.46. The van der Waals surface area contributed by atoms with Gasteiger partial charge in [0.2, 0.25) is 0 Å². The summed E-state index contributed by atoms with van der Waals surface area (Å²) in [5.74, 6) is 0. The molecule has 92 valence electrons. The van der Waals surface area contributed by atoms with Crippen LogP contribution in [-0.2, 0) is 14.2 Å². The Balaban J connectivity index is 4.11. The van der Waals surface area contributed by atoms with Gasteiger partial charge >= 0.3 is 0 Å². The van der Waals surface area contributed by atoms with Crippen LogP contribution in [0.5, 0.6) is 0 Å². The minimum absolute atomic E-state index is 0.120. The minimum Gasteiger partial charge on any atom is -0.385 e. The number of hydrogen-bond acceptors (Lipinski definition) is 3. The zero-order valence-electron chi connectivity index (χ0n) is 11.1. The highest BCUT2D eigenvalue weighted by Crippen LogP contribution is 2.19. The number of hydrogen-bond donors (Lipinski definition) is 0. The van der Waals surface area contributed by atoms with Gasteiger partial charge in [-0.15, -0.1) is 0 Å². The van der Waals surface area contributed by atoms with E-state index in [1.54, 1.807) is 7.11 Å². The highest BCUT2D eigenvalue weighted by Gasteiger charge is 2.27. The Morgan fingerprint density at radius 3 is 2.00 bits per heavy atom. The number of methoxy groups -OCH3 is 1. The van der Waals surface area contributed by atoms with E-state index in [-0.39, 0.29) is 11.2 Å². The van der Waals surface area contributed by atoms with Crippen LogP contribution < -0.4 is 0 Å². The van der Waals surface area contributed by atoms with Crippen molar-refractivity contribution in [1.82, 2.24) is 0 Å². The molecule has 0 N–H and O–H groups in total. The molecule has 0 aromatic carbocycles. The maximum Gasteiger partial charge on any atom is 0.0908 e. The highest BCUT2D eigenvalue weighted by molar-refractivity contribution is 4.76. The van der Waals surface area contributed by atoms with Crippen molar-refractivity contribution in [1.29, 1.82) is 0 Å². The van der Waals surface area contributed by atoms with Gasteiger partial charge in [0.05, 0.1) is 17.8 Å². The molecule has 0 spiro atoms. The third kappa shape index (κ3) is 7.77. The summed E-state index contributed by atoms with van der Waals surface area (Å²) in [6.45, 7) is 12.2. The molecular weight excluding hydrogens is 192 g/mol. The average molecular weight is 218 g/mol. The van der Waals surface area contributed by atoms with E-state index in [1.165, 1.54) is 0 Å². The standard InChI is InChI=1S/C12H26O3/c1-7-14-12(5,8-9-13-6)10-15-11(2,3)4/h7-10H2,1-6H3. The van der Waals surface area contributed by atoms with Crippen molar-refractivity contribution in [3.05, 3.63) is 0 Å². The van der Waals surface area contributed by atoms with Gasteiger partial charge in [-0.2, -0.15) is 0 Å². The highest BCUT2D eigenvalue weighted by atomic mass is 16.6. The molecule has 0 aromatic heterocycles. The molecule has 0 heterocycles. The Hall–Kier alpha value is -0.120. The van der Waals surface area contributed by atoms with Gasteiger partial charge < -0.3 is 14.2 Å². The maximum atomic E-state index is 5.76. The lowest BCUT2D eigenvalue weighted by Gasteiger charge is -2.32. The van der Waals surface area contributed by atoms with Crippen molar-refractivity contribution in [3.63, 3.8) is 0 Å². The Morgan fingerprint density at radius 1 is 1.00 bits per heavy atom. The van der Waals surface area contributed by atoms with Crippen LogP contribution in [0.1, 0.15) is 41.0 Å². The van der Waals surface area contributed by atoms with Crippen LogP contribution in [-0.4, -0.2) is 38.1 Å². The van der Waals surface area contributed by atoms with E-state index in [9.17, 15) is 0 Å². The Bertz CT molecular complexity index is 163. The molecule has 0 saturated carbocycles. The first-order valence-corrected chi connectivity index (χ1v) is 5.60. The first-order chi connectivity index (χ1) is 6.83. The summed E-state index contributed by atoms with van der Waals surface area (Å²) in [5, 5.41) is 0. The van der Waals surface area contributed by atoms with Gasteiger partial charge in [0.25, 0.3) is 0 Å². The summed E-state index contributed by atoms with van der Waals surface area (Å²) in [6, 6.07) is 0. The quantitative estimate of drug-likeness (QED) is 0.657. The molecule has 0 aliphatic rings. The maximum absolute atomic E-state index is 5.76. The van der Waals surface area contributed by atoms with Gasteiger partial charge in [0, 0.05) is 26.7 Å². The van der Waals surface area contributed by atoms with Gasteiger partial charge in [0.1, 0.15) is 0 Å². The minimum atomic E-state index is -0.238. The van der Waals surface area contributed by atoms with E-state index in [4.69, 9.17) is 14.2 Å². The molecule has 1 atom stereocenters. The van der Waals surface area contributed by atoms with Crippen LogP contribution in [0.25, 0.3) is 0 Å². The Labute approximate surface area is 94.1 Å². The molecule has 0 aliphatic heterocycles. The fourth-order valence-electron chi connectivity index (χ4n) is 1.22. The van der Waals surface area contributed by atoms with Crippen LogP contribution in [0.2, 0.25) is 0 Å². The second-order valence-corrected chi connectivity index (χ2v) is 5.03. The fraction of sp³-hybridized carbons (Fsp3) is 1.00. The van der Waals surface area contributed by atoms with E-state index in [2.05, 4.69) is 27.7 Å². The topological polar surface area (TPSA) is 27.7 Å². The van der Waals surface area contributed by atoms with Gasteiger partial charge in [-0.3, -0.25) is 0 Å². The molecule has 3 nitrogen and oxygen atoms in total. The van der Waals surface area contributed by atoms with E-state index in [0.717, 1.165) is 6.42 Å². The summed E-state index contributed by atoms with van der Waals surface area (Å²) < 4.78 is 16.6. The van der Waals surface area contributed by atoms with Gasteiger partial charge in [-0.05, 0) is 34.6 Å². The van der Waals surface area contributed by atoms with Crippen LogP contribution in [0.15, 0.2) is 0 Å². The molecule has 3 heteroatoms. The second-order valence-electron chi connectivity index (χ2n) is 5.03. The lowest BCUT2D eigenvalue weighted by atomic mass is 10.0. The van der Waals surface area contributed by atoms with Crippen LogP contribution in [0, 0.1) is 0 Å². The SMILES string of the molecule is CCOC(C)(CCOC)COC(C)(C)C. The van der Waals surface area contributed by atoms with Crippen molar-refractivity contribution in [2.24, 2.45) is 0 Å². The molecule has 0 aromatic rings. The Morgan fingerprint density at radius 2 is 1.60 bits per heavy atom. The lowest BCUT2D eigenvalue weighted by Crippen LogP contribution is -2.39. The molecule has 0 bridgehead atoms. The van der Waals surface area contributed by atoms with Gasteiger partial charge in [-0.1, -0.05) is 0 Å².